The molecule has 3 unspecified atom stereocenters. The molecule has 1 heterocycles. The number of nitrogens with zero attached hydrogens (tertiary/aromatic N) is 1. The summed E-state index contributed by atoms with van der Waals surface area (Å²) >= 11 is 5.96. The van der Waals surface area contributed by atoms with E-state index in [-0.39, 0.29) is 5.38 Å². The third-order valence-electron chi connectivity index (χ3n) is 3.04. The first-order valence-electron chi connectivity index (χ1n) is 6.33. The van der Waals surface area contributed by atoms with Gasteiger partial charge in [-0.15, -0.1) is 11.6 Å². The Bertz CT molecular complexity index is 190. The predicted molar refractivity (Wildman–Crippen MR) is 69.3 cm³/mol. The minimum Gasteiger partial charge on any atom is -0.374 e. The topological polar surface area (TPSA) is 24.5 Å². The first kappa shape index (κ1) is 14.2. The van der Waals surface area contributed by atoms with Crippen LogP contribution in [-0.4, -0.2) is 55.2 Å². The summed E-state index contributed by atoms with van der Waals surface area (Å²) in [7, 11) is 0. The van der Waals surface area contributed by atoms with Crippen LogP contribution in [0, 0.1) is 0 Å². The highest BCUT2D eigenvalue weighted by atomic mass is 35.5. The molecule has 3 nitrogen and oxygen atoms in total. The van der Waals surface area contributed by atoms with Gasteiger partial charge >= 0.3 is 0 Å². The highest BCUT2D eigenvalue weighted by molar-refractivity contribution is 6.20. The second kappa shape index (κ2) is 7.49. The maximum absolute atomic E-state index is 5.96. The monoisotopic (exact) mass is 248 g/mol. The van der Waals surface area contributed by atoms with Crippen molar-refractivity contribution in [2.75, 3.05) is 32.8 Å². The Morgan fingerprint density at radius 2 is 2.25 bits per heavy atom. The summed E-state index contributed by atoms with van der Waals surface area (Å²) in [6.45, 7) is 11.5. The quantitative estimate of drug-likeness (QED) is 0.725. The van der Waals surface area contributed by atoms with Crippen molar-refractivity contribution in [3.05, 3.63) is 0 Å². The molecular weight excluding hydrogens is 224 g/mol. The van der Waals surface area contributed by atoms with Gasteiger partial charge in [0.15, 0.2) is 0 Å². The van der Waals surface area contributed by atoms with Gasteiger partial charge in [-0.05, 0) is 26.8 Å². The number of ether oxygens (including phenoxy) is 1. The van der Waals surface area contributed by atoms with Crippen LogP contribution < -0.4 is 5.32 Å². The summed E-state index contributed by atoms with van der Waals surface area (Å²) in [5.41, 5.74) is 0. The Morgan fingerprint density at radius 1 is 1.50 bits per heavy atom. The molecule has 1 aliphatic heterocycles. The average Bonchev–Trinajstić information content (AvgIpc) is 2.26. The van der Waals surface area contributed by atoms with E-state index in [4.69, 9.17) is 16.3 Å². The van der Waals surface area contributed by atoms with Gasteiger partial charge in [-0.3, -0.25) is 4.90 Å². The zero-order valence-corrected chi connectivity index (χ0v) is 11.5. The molecular formula is C12H25ClN2O. The lowest BCUT2D eigenvalue weighted by molar-refractivity contribution is -0.0262. The van der Waals surface area contributed by atoms with Crippen molar-refractivity contribution in [1.29, 1.82) is 0 Å². The minimum atomic E-state index is 0.238. The van der Waals surface area contributed by atoms with Crippen LogP contribution in [0.1, 0.15) is 27.2 Å². The molecule has 0 spiro atoms. The molecule has 0 aromatic rings. The van der Waals surface area contributed by atoms with Crippen LogP contribution in [0.25, 0.3) is 0 Å². The molecule has 0 saturated carbocycles. The Morgan fingerprint density at radius 3 is 2.88 bits per heavy atom. The van der Waals surface area contributed by atoms with Gasteiger partial charge < -0.3 is 10.1 Å². The van der Waals surface area contributed by atoms with Crippen LogP contribution in [0.15, 0.2) is 0 Å². The highest BCUT2D eigenvalue weighted by Crippen LogP contribution is 2.06. The SMILES string of the molecule is CCN1CCOC(CNC(C)CC(C)Cl)C1. The van der Waals surface area contributed by atoms with Gasteiger partial charge in [0.25, 0.3) is 0 Å². The van der Waals surface area contributed by atoms with Gasteiger partial charge in [0.1, 0.15) is 0 Å². The second-order valence-corrected chi connectivity index (χ2v) is 5.46. The maximum Gasteiger partial charge on any atom is 0.0826 e. The summed E-state index contributed by atoms with van der Waals surface area (Å²) < 4.78 is 5.73. The summed E-state index contributed by atoms with van der Waals surface area (Å²) in [5, 5.41) is 3.73. The number of alkyl halides is 1. The van der Waals surface area contributed by atoms with Crippen LogP contribution in [-0.2, 0) is 4.74 Å². The van der Waals surface area contributed by atoms with Crippen LogP contribution in [0.3, 0.4) is 0 Å². The summed E-state index contributed by atoms with van der Waals surface area (Å²) in [6, 6.07) is 0.466. The molecule has 96 valence electrons. The molecule has 3 atom stereocenters. The van der Waals surface area contributed by atoms with Crippen molar-refractivity contribution in [3.8, 4) is 0 Å². The Hall–Kier alpha value is 0.170. The number of morpholine rings is 1. The molecule has 0 aromatic carbocycles. The van der Waals surface area contributed by atoms with Crippen molar-refractivity contribution in [1.82, 2.24) is 10.2 Å². The van der Waals surface area contributed by atoms with Crippen molar-refractivity contribution in [2.45, 2.75) is 44.7 Å². The van der Waals surface area contributed by atoms with Crippen LogP contribution in [0.4, 0.5) is 0 Å². The lowest BCUT2D eigenvalue weighted by atomic mass is 10.2. The van der Waals surface area contributed by atoms with Crippen LogP contribution in [0.5, 0.6) is 0 Å². The van der Waals surface area contributed by atoms with E-state index < -0.39 is 0 Å². The second-order valence-electron chi connectivity index (χ2n) is 4.71. The fourth-order valence-electron chi connectivity index (χ4n) is 2.09. The molecule has 1 saturated heterocycles. The lowest BCUT2D eigenvalue weighted by Crippen LogP contribution is -2.47. The van der Waals surface area contributed by atoms with Crippen molar-refractivity contribution in [2.24, 2.45) is 0 Å². The third-order valence-corrected chi connectivity index (χ3v) is 3.22. The van der Waals surface area contributed by atoms with E-state index in [1.54, 1.807) is 0 Å². The van der Waals surface area contributed by atoms with Gasteiger partial charge in [-0.2, -0.15) is 0 Å². The molecule has 0 amide bonds. The average molecular weight is 249 g/mol. The van der Waals surface area contributed by atoms with Crippen molar-refractivity contribution >= 4 is 11.6 Å². The molecule has 4 heteroatoms. The van der Waals surface area contributed by atoms with Gasteiger partial charge in [-0.1, -0.05) is 6.92 Å². The molecule has 0 aliphatic carbocycles. The van der Waals surface area contributed by atoms with Crippen LogP contribution >= 0.6 is 11.6 Å². The Labute approximate surface area is 104 Å². The van der Waals surface area contributed by atoms with E-state index in [9.17, 15) is 0 Å². The fraction of sp³-hybridized carbons (Fsp3) is 1.00. The molecule has 1 rings (SSSR count). The van der Waals surface area contributed by atoms with E-state index >= 15 is 0 Å². The summed E-state index contributed by atoms with van der Waals surface area (Å²) in [5.74, 6) is 0. The zero-order valence-electron chi connectivity index (χ0n) is 10.7. The standard InChI is InChI=1S/C12H25ClN2O/c1-4-15-5-6-16-12(9-15)8-14-11(3)7-10(2)13/h10-12,14H,4-9H2,1-3H3. The minimum absolute atomic E-state index is 0.238. The highest BCUT2D eigenvalue weighted by Gasteiger charge is 2.19. The molecule has 0 aromatic heterocycles. The number of hydrogen-bond donors (Lipinski definition) is 1. The first-order chi connectivity index (χ1) is 7.61. The third kappa shape index (κ3) is 5.48. The molecule has 1 N–H and O–H groups in total. The summed E-state index contributed by atoms with van der Waals surface area (Å²) in [4.78, 5) is 2.44. The molecule has 1 fully saturated rings. The van der Waals surface area contributed by atoms with E-state index in [0.717, 1.165) is 39.2 Å². The number of nitrogens with one attached hydrogen (secondary N) is 1. The molecule has 1 aliphatic rings. The Balaban J connectivity index is 2.16. The van der Waals surface area contributed by atoms with Crippen LogP contribution in [0.2, 0.25) is 0 Å². The van der Waals surface area contributed by atoms with Crippen molar-refractivity contribution in [3.63, 3.8) is 0 Å². The number of rotatable bonds is 6. The van der Waals surface area contributed by atoms with Gasteiger partial charge in [-0.25, -0.2) is 0 Å². The van der Waals surface area contributed by atoms with Gasteiger partial charge in [0.2, 0.25) is 0 Å². The fourth-order valence-corrected chi connectivity index (χ4v) is 2.36. The lowest BCUT2D eigenvalue weighted by Gasteiger charge is -2.32. The molecule has 0 radical (unpaired) electrons. The predicted octanol–water partition coefficient (Wildman–Crippen LogP) is 1.70. The summed E-state index contributed by atoms with van der Waals surface area (Å²) in [6.07, 6.45) is 1.34. The van der Waals surface area contributed by atoms with Crippen molar-refractivity contribution < 1.29 is 4.74 Å². The zero-order chi connectivity index (χ0) is 12.0. The maximum atomic E-state index is 5.96. The van der Waals surface area contributed by atoms with Gasteiger partial charge in [0, 0.05) is 31.1 Å². The molecule has 0 bridgehead atoms. The van der Waals surface area contributed by atoms with E-state index in [1.165, 1.54) is 0 Å². The number of halogens is 1. The van der Waals surface area contributed by atoms with E-state index in [0.29, 0.717) is 12.1 Å². The van der Waals surface area contributed by atoms with E-state index in [2.05, 4.69) is 24.1 Å². The molecule has 16 heavy (non-hydrogen) atoms. The largest absolute Gasteiger partial charge is 0.374 e. The smallest absolute Gasteiger partial charge is 0.0826 e. The number of likely N-dealkylation sites (N-methyl/N-ethyl adjacent to an activating group) is 1. The number of hydrogen-bond acceptors (Lipinski definition) is 3. The first-order valence-corrected chi connectivity index (χ1v) is 6.76. The van der Waals surface area contributed by atoms with E-state index in [1.807, 2.05) is 6.92 Å². The normalized spacial score (nSPS) is 26.6. The Kier molecular flexibility index (Phi) is 6.66. The van der Waals surface area contributed by atoms with Gasteiger partial charge in [0.05, 0.1) is 12.7 Å².